The number of nitrogens with one attached hydrogen (secondary N) is 1. The number of anilines is 1. The lowest BCUT2D eigenvalue weighted by atomic mass is 9.98. The van der Waals surface area contributed by atoms with E-state index in [4.69, 9.17) is 9.72 Å². The summed E-state index contributed by atoms with van der Waals surface area (Å²) in [4.78, 5) is 21.9. The number of pyridine rings is 2. The van der Waals surface area contributed by atoms with Crippen LogP contribution >= 0.6 is 0 Å². The van der Waals surface area contributed by atoms with Crippen LogP contribution < -0.4 is 15.0 Å². The highest BCUT2D eigenvalue weighted by Crippen LogP contribution is 2.41. The molecule has 1 aliphatic heterocycles. The van der Waals surface area contributed by atoms with Gasteiger partial charge in [0.15, 0.2) is 5.65 Å². The van der Waals surface area contributed by atoms with E-state index in [0.717, 1.165) is 67.8 Å². The number of hydrogen-bond acceptors (Lipinski definition) is 7. The number of fused-ring (bicyclic) bond motifs is 1. The third-order valence-corrected chi connectivity index (χ3v) is 7.56. The van der Waals surface area contributed by atoms with Crippen LogP contribution in [0.5, 0.6) is 5.88 Å². The second kappa shape index (κ2) is 14.8. The van der Waals surface area contributed by atoms with E-state index in [1.807, 2.05) is 20.2 Å². The molecule has 4 heterocycles. The van der Waals surface area contributed by atoms with Crippen molar-refractivity contribution < 1.29 is 9.53 Å². The Labute approximate surface area is 247 Å². The van der Waals surface area contributed by atoms with Crippen molar-refractivity contribution >= 4 is 22.5 Å². The standard InChI is InChI=1S/C18H29N3.C10H13N3O.C5H10O/c1-5-6-15-13(2)20-16(14-7-8-14)11-17(15)21-10-9-19-18(3,4)12-21;1-4-7-5-8-6-13(2)12-9(8)11-10(7)14-3;1-3-4-5(2)6/h11,14,19H,5-10,12H2,1-4H3;5-6H,4H2,1-3H3;3-4H2,1-2H3. The summed E-state index contributed by atoms with van der Waals surface area (Å²) in [6.45, 7) is 18.0. The van der Waals surface area contributed by atoms with Gasteiger partial charge >= 0.3 is 0 Å². The number of carbonyl (C=O) groups is 1. The molecule has 3 aromatic rings. The Bertz CT molecular complexity index is 1250. The van der Waals surface area contributed by atoms with E-state index in [9.17, 15) is 4.79 Å². The number of aryl methyl sites for hydroxylation is 3. The number of hydrogen-bond donors (Lipinski definition) is 1. The second-order valence-electron chi connectivity index (χ2n) is 12.1. The fourth-order valence-corrected chi connectivity index (χ4v) is 5.37. The van der Waals surface area contributed by atoms with Crippen molar-refractivity contribution in [3.05, 3.63) is 40.8 Å². The number of ketones is 1. The molecule has 8 heteroatoms. The Balaban J connectivity index is 0.000000199. The summed E-state index contributed by atoms with van der Waals surface area (Å²) < 4.78 is 6.95. The van der Waals surface area contributed by atoms with E-state index in [1.165, 1.54) is 41.9 Å². The van der Waals surface area contributed by atoms with E-state index in [2.05, 4.69) is 67.1 Å². The third kappa shape index (κ3) is 9.25. The van der Waals surface area contributed by atoms with Gasteiger partial charge in [-0.05, 0) is 77.5 Å². The minimum Gasteiger partial charge on any atom is -0.481 e. The molecule has 41 heavy (non-hydrogen) atoms. The predicted molar refractivity (Wildman–Crippen MR) is 169 cm³/mol. The molecule has 226 valence electrons. The molecule has 3 aromatic heterocycles. The zero-order valence-corrected chi connectivity index (χ0v) is 26.9. The Morgan fingerprint density at radius 2 is 1.88 bits per heavy atom. The van der Waals surface area contributed by atoms with E-state index in [0.29, 0.717) is 5.88 Å². The quantitative estimate of drug-likeness (QED) is 0.343. The molecular formula is C33H52N6O2. The molecule has 0 bridgehead atoms. The summed E-state index contributed by atoms with van der Waals surface area (Å²) in [6, 6.07) is 4.48. The third-order valence-electron chi connectivity index (χ3n) is 7.56. The van der Waals surface area contributed by atoms with Gasteiger partial charge in [-0.3, -0.25) is 9.67 Å². The number of rotatable bonds is 8. The zero-order chi connectivity index (χ0) is 30.2. The normalized spacial score (nSPS) is 16.0. The van der Waals surface area contributed by atoms with Crippen LogP contribution in [0.1, 0.15) is 102 Å². The van der Waals surface area contributed by atoms with Crippen molar-refractivity contribution in [2.24, 2.45) is 7.05 Å². The summed E-state index contributed by atoms with van der Waals surface area (Å²) in [6.07, 6.45) is 9.58. The highest BCUT2D eigenvalue weighted by Gasteiger charge is 2.30. The van der Waals surface area contributed by atoms with Crippen molar-refractivity contribution in [3.8, 4) is 5.88 Å². The van der Waals surface area contributed by atoms with Crippen molar-refractivity contribution in [1.82, 2.24) is 25.1 Å². The number of aromatic nitrogens is 4. The van der Waals surface area contributed by atoms with Gasteiger partial charge in [-0.2, -0.15) is 10.1 Å². The molecular weight excluding hydrogens is 512 g/mol. The van der Waals surface area contributed by atoms with E-state index in [1.54, 1.807) is 18.7 Å². The number of carbonyl (C=O) groups excluding carboxylic acids is 1. The maximum absolute atomic E-state index is 10.0. The van der Waals surface area contributed by atoms with Gasteiger partial charge in [0.2, 0.25) is 5.88 Å². The number of piperazine rings is 1. The molecule has 1 N–H and O–H groups in total. The van der Waals surface area contributed by atoms with Gasteiger partial charge in [-0.25, -0.2) is 0 Å². The van der Waals surface area contributed by atoms with Gasteiger partial charge in [0.1, 0.15) is 5.78 Å². The van der Waals surface area contributed by atoms with Crippen LogP contribution in [0.2, 0.25) is 0 Å². The molecule has 5 rings (SSSR count). The predicted octanol–water partition coefficient (Wildman–Crippen LogP) is 6.32. The second-order valence-corrected chi connectivity index (χ2v) is 12.1. The molecule has 0 amide bonds. The highest BCUT2D eigenvalue weighted by atomic mass is 16.5. The Morgan fingerprint density at radius 1 is 1.15 bits per heavy atom. The average Bonchev–Trinajstić information content (AvgIpc) is 3.70. The van der Waals surface area contributed by atoms with Gasteiger partial charge < -0.3 is 19.7 Å². The molecule has 0 aromatic carbocycles. The van der Waals surface area contributed by atoms with Crippen molar-refractivity contribution in [2.45, 2.75) is 105 Å². The SMILES string of the molecule is CCCC(C)=O.CCCc1c(N2CCNC(C)(C)C2)cc(C2CC2)nc1C.CCc1cc2cn(C)nc2nc1OC. The van der Waals surface area contributed by atoms with Crippen LogP contribution in [0.4, 0.5) is 5.69 Å². The zero-order valence-electron chi connectivity index (χ0n) is 26.9. The lowest BCUT2D eigenvalue weighted by Gasteiger charge is -2.41. The van der Waals surface area contributed by atoms with Crippen molar-refractivity contribution in [2.75, 3.05) is 31.6 Å². The summed E-state index contributed by atoms with van der Waals surface area (Å²) in [7, 11) is 3.52. The van der Waals surface area contributed by atoms with Gasteiger partial charge in [0, 0.05) is 78.8 Å². The number of Topliss-reactive ketones (excluding diaryl/α,β-unsaturated/α-hetero) is 1. The summed E-state index contributed by atoms with van der Waals surface area (Å²) in [5.74, 6) is 1.70. The molecule has 1 aliphatic carbocycles. The molecule has 1 saturated carbocycles. The maximum atomic E-state index is 10.0. The van der Waals surface area contributed by atoms with E-state index < -0.39 is 0 Å². The van der Waals surface area contributed by atoms with E-state index in [-0.39, 0.29) is 11.3 Å². The highest BCUT2D eigenvalue weighted by molar-refractivity contribution is 5.76. The fourth-order valence-electron chi connectivity index (χ4n) is 5.37. The van der Waals surface area contributed by atoms with Crippen LogP contribution in [0, 0.1) is 6.92 Å². The van der Waals surface area contributed by atoms with Crippen LogP contribution in [0.25, 0.3) is 11.0 Å². The van der Waals surface area contributed by atoms with Crippen LogP contribution in [0.3, 0.4) is 0 Å². The Kier molecular flexibility index (Phi) is 11.7. The first-order chi connectivity index (χ1) is 19.5. The summed E-state index contributed by atoms with van der Waals surface area (Å²) in [5.41, 5.74) is 7.57. The molecule has 0 atom stereocenters. The first-order valence-corrected chi connectivity index (χ1v) is 15.4. The fraction of sp³-hybridized carbons (Fsp3) is 0.636. The van der Waals surface area contributed by atoms with Gasteiger partial charge in [0.05, 0.1) is 7.11 Å². The minimum atomic E-state index is 0.193. The Morgan fingerprint density at radius 3 is 2.41 bits per heavy atom. The monoisotopic (exact) mass is 564 g/mol. The Hall–Kier alpha value is -3.00. The van der Waals surface area contributed by atoms with Crippen LogP contribution in [-0.2, 0) is 24.7 Å². The van der Waals surface area contributed by atoms with Gasteiger partial charge in [-0.15, -0.1) is 0 Å². The number of methoxy groups -OCH3 is 1. The van der Waals surface area contributed by atoms with Crippen LogP contribution in [0.15, 0.2) is 18.3 Å². The molecule has 1 saturated heterocycles. The minimum absolute atomic E-state index is 0.193. The summed E-state index contributed by atoms with van der Waals surface area (Å²) in [5, 5.41) is 8.90. The number of nitrogens with zero attached hydrogens (tertiary/aromatic N) is 5. The topological polar surface area (TPSA) is 85.2 Å². The van der Waals surface area contributed by atoms with Crippen molar-refractivity contribution in [3.63, 3.8) is 0 Å². The van der Waals surface area contributed by atoms with Gasteiger partial charge in [0.25, 0.3) is 0 Å². The van der Waals surface area contributed by atoms with E-state index >= 15 is 0 Å². The largest absolute Gasteiger partial charge is 0.481 e. The summed E-state index contributed by atoms with van der Waals surface area (Å²) >= 11 is 0. The lowest BCUT2D eigenvalue weighted by molar-refractivity contribution is -0.117. The first-order valence-electron chi connectivity index (χ1n) is 15.4. The molecule has 0 radical (unpaired) electrons. The maximum Gasteiger partial charge on any atom is 0.218 e. The smallest absolute Gasteiger partial charge is 0.218 e. The first kappa shape index (κ1) is 32.5. The van der Waals surface area contributed by atoms with Crippen molar-refractivity contribution in [1.29, 1.82) is 0 Å². The lowest BCUT2D eigenvalue weighted by Crippen LogP contribution is -2.57. The molecule has 0 spiro atoms. The molecule has 2 aliphatic rings. The van der Waals surface area contributed by atoms with Gasteiger partial charge in [-0.1, -0.05) is 27.2 Å². The number of ether oxygens (including phenoxy) is 1. The van der Waals surface area contributed by atoms with Crippen LogP contribution in [-0.4, -0.2) is 57.8 Å². The average molecular weight is 565 g/mol. The molecule has 2 fully saturated rings. The molecule has 8 nitrogen and oxygen atoms in total. The molecule has 0 unspecified atom stereocenters.